The van der Waals surface area contributed by atoms with E-state index in [1.807, 2.05) is 20.8 Å². The lowest BCUT2D eigenvalue weighted by molar-refractivity contribution is 0.0763. The molecule has 0 saturated carbocycles. The molecule has 2 rings (SSSR count). The number of carbonyl (C=O) groups excluding carboxylic acids is 1. The average molecular weight is 329 g/mol. The van der Waals surface area contributed by atoms with E-state index in [4.69, 9.17) is 0 Å². The summed E-state index contributed by atoms with van der Waals surface area (Å²) < 4.78 is 0. The summed E-state index contributed by atoms with van der Waals surface area (Å²) in [6.07, 6.45) is 0.899. The summed E-state index contributed by atoms with van der Waals surface area (Å²) >= 11 is 0. The Morgan fingerprint density at radius 1 is 1.23 bits per heavy atom. The largest absolute Gasteiger partial charge is 0.337 e. The zero-order valence-corrected chi connectivity index (χ0v) is 14.5. The molecule has 2 N–H and O–H groups in total. The molecule has 124 valence electrons. The fourth-order valence-corrected chi connectivity index (χ4v) is 2.40. The van der Waals surface area contributed by atoms with Crippen LogP contribution in [0.3, 0.4) is 0 Å². The fourth-order valence-electron chi connectivity index (χ4n) is 2.40. The first-order chi connectivity index (χ1) is 9.80. The molecule has 2 heterocycles. The Morgan fingerprint density at radius 2 is 1.91 bits per heavy atom. The van der Waals surface area contributed by atoms with Crippen LogP contribution < -0.4 is 10.9 Å². The first-order valence-electron chi connectivity index (χ1n) is 7.42. The summed E-state index contributed by atoms with van der Waals surface area (Å²) in [5.74, 6) is 0.393. The summed E-state index contributed by atoms with van der Waals surface area (Å²) in [6, 6.07) is 0. The van der Waals surface area contributed by atoms with E-state index in [-0.39, 0.29) is 34.9 Å². The first kappa shape index (κ1) is 18.6. The van der Waals surface area contributed by atoms with Gasteiger partial charge in [-0.3, -0.25) is 9.59 Å². The molecule has 1 aromatic heterocycles. The SMILES string of the molecule is Cc1nc(C(C)(C)C)[nH]c(=O)c1C(=O)N1CCCNCC1.Cl. The number of halogens is 1. The molecule has 22 heavy (non-hydrogen) atoms. The smallest absolute Gasteiger partial charge is 0.264 e. The van der Waals surface area contributed by atoms with E-state index in [9.17, 15) is 9.59 Å². The van der Waals surface area contributed by atoms with Crippen LogP contribution in [0.1, 0.15) is 49.1 Å². The molecule has 6 nitrogen and oxygen atoms in total. The van der Waals surface area contributed by atoms with Crippen molar-refractivity contribution in [3.63, 3.8) is 0 Å². The molecule has 7 heteroatoms. The highest BCUT2D eigenvalue weighted by Crippen LogP contribution is 2.17. The van der Waals surface area contributed by atoms with Gasteiger partial charge in [-0.25, -0.2) is 4.98 Å². The van der Waals surface area contributed by atoms with Gasteiger partial charge in [-0.2, -0.15) is 0 Å². The number of nitrogens with one attached hydrogen (secondary N) is 2. The van der Waals surface area contributed by atoms with E-state index in [1.165, 1.54) is 0 Å². The third-order valence-corrected chi connectivity index (χ3v) is 3.65. The topological polar surface area (TPSA) is 78.1 Å². The van der Waals surface area contributed by atoms with Crippen LogP contribution in [0.25, 0.3) is 0 Å². The Bertz CT molecular complexity index is 584. The van der Waals surface area contributed by atoms with Crippen LogP contribution in [-0.2, 0) is 5.41 Å². The number of carbonyl (C=O) groups is 1. The number of H-pyrrole nitrogens is 1. The third-order valence-electron chi connectivity index (χ3n) is 3.65. The van der Waals surface area contributed by atoms with Gasteiger partial charge >= 0.3 is 0 Å². The van der Waals surface area contributed by atoms with E-state index in [1.54, 1.807) is 11.8 Å². The molecule has 0 aromatic carbocycles. The van der Waals surface area contributed by atoms with Crippen LogP contribution >= 0.6 is 12.4 Å². The van der Waals surface area contributed by atoms with Gasteiger partial charge in [0.2, 0.25) is 0 Å². The van der Waals surface area contributed by atoms with Crippen LogP contribution in [0, 0.1) is 6.92 Å². The number of amides is 1. The highest BCUT2D eigenvalue weighted by Gasteiger charge is 2.25. The lowest BCUT2D eigenvalue weighted by Crippen LogP contribution is -2.39. The highest BCUT2D eigenvalue weighted by atomic mass is 35.5. The van der Waals surface area contributed by atoms with Gasteiger partial charge in [0.1, 0.15) is 11.4 Å². The summed E-state index contributed by atoms with van der Waals surface area (Å²) in [4.78, 5) is 33.8. The average Bonchev–Trinajstić information content (AvgIpc) is 2.65. The maximum Gasteiger partial charge on any atom is 0.264 e. The second-order valence-corrected chi connectivity index (χ2v) is 6.52. The van der Waals surface area contributed by atoms with E-state index in [0.717, 1.165) is 19.5 Å². The van der Waals surface area contributed by atoms with E-state index in [0.29, 0.717) is 24.6 Å². The van der Waals surface area contributed by atoms with Crippen LogP contribution in [0.2, 0.25) is 0 Å². The number of hydrogen-bond acceptors (Lipinski definition) is 4. The van der Waals surface area contributed by atoms with Gasteiger partial charge in [-0.15, -0.1) is 12.4 Å². The Labute approximate surface area is 137 Å². The molecule has 0 radical (unpaired) electrons. The number of hydrogen-bond donors (Lipinski definition) is 2. The molecule has 1 aromatic rings. The van der Waals surface area contributed by atoms with Gasteiger partial charge in [0.05, 0.1) is 5.69 Å². The second-order valence-electron chi connectivity index (χ2n) is 6.52. The summed E-state index contributed by atoms with van der Waals surface area (Å²) in [6.45, 7) is 10.6. The predicted octanol–water partition coefficient (Wildman–Crippen LogP) is 1.23. The molecular formula is C15H25ClN4O2. The Balaban J connectivity index is 0.00000242. The van der Waals surface area contributed by atoms with Crippen LogP contribution in [0.5, 0.6) is 0 Å². The number of aromatic amines is 1. The quantitative estimate of drug-likeness (QED) is 0.813. The highest BCUT2D eigenvalue weighted by molar-refractivity contribution is 5.94. The lowest BCUT2D eigenvalue weighted by atomic mass is 9.95. The molecule has 0 bridgehead atoms. The predicted molar refractivity (Wildman–Crippen MR) is 88.9 cm³/mol. The van der Waals surface area contributed by atoms with Crippen LogP contribution in [0.15, 0.2) is 4.79 Å². The molecule has 0 spiro atoms. The fraction of sp³-hybridized carbons (Fsp3) is 0.667. The van der Waals surface area contributed by atoms with Gasteiger partial charge in [0.15, 0.2) is 0 Å². The standard InChI is InChI=1S/C15H24N4O2.ClH/c1-10-11(12(20)18-14(17-10)15(2,3)4)13(21)19-8-5-6-16-7-9-19;/h16H,5-9H2,1-4H3,(H,17,18,20);1H. The van der Waals surface area contributed by atoms with Gasteiger partial charge < -0.3 is 15.2 Å². The van der Waals surface area contributed by atoms with E-state index in [2.05, 4.69) is 15.3 Å². The minimum Gasteiger partial charge on any atom is -0.337 e. The molecule has 1 fully saturated rings. The molecule has 1 amide bonds. The van der Waals surface area contributed by atoms with Crippen molar-refractivity contribution in [3.05, 3.63) is 27.4 Å². The van der Waals surface area contributed by atoms with Crippen molar-refractivity contribution in [1.82, 2.24) is 20.2 Å². The normalized spacial score (nSPS) is 15.9. The molecular weight excluding hydrogens is 304 g/mol. The Hall–Kier alpha value is -1.40. The van der Waals surface area contributed by atoms with E-state index < -0.39 is 0 Å². The summed E-state index contributed by atoms with van der Waals surface area (Å²) in [5, 5.41) is 3.25. The van der Waals surface area contributed by atoms with Crippen molar-refractivity contribution in [3.8, 4) is 0 Å². The summed E-state index contributed by atoms with van der Waals surface area (Å²) in [5.41, 5.74) is 0.0864. The van der Waals surface area contributed by atoms with Gasteiger partial charge in [0.25, 0.3) is 11.5 Å². The van der Waals surface area contributed by atoms with Crippen molar-refractivity contribution < 1.29 is 4.79 Å². The lowest BCUT2D eigenvalue weighted by Gasteiger charge is -2.22. The molecule has 0 atom stereocenters. The monoisotopic (exact) mass is 328 g/mol. The first-order valence-corrected chi connectivity index (χ1v) is 7.42. The third kappa shape index (κ3) is 4.08. The maximum atomic E-state index is 12.6. The van der Waals surface area contributed by atoms with Gasteiger partial charge in [-0.1, -0.05) is 20.8 Å². The molecule has 0 aliphatic carbocycles. The zero-order chi connectivity index (χ0) is 15.6. The molecule has 1 aliphatic heterocycles. The van der Waals surface area contributed by atoms with Crippen LogP contribution in [0.4, 0.5) is 0 Å². The number of rotatable bonds is 1. The van der Waals surface area contributed by atoms with Crippen molar-refractivity contribution >= 4 is 18.3 Å². The molecule has 1 saturated heterocycles. The minimum absolute atomic E-state index is 0. The Morgan fingerprint density at radius 3 is 2.50 bits per heavy atom. The van der Waals surface area contributed by atoms with Gasteiger partial charge in [0, 0.05) is 25.0 Å². The van der Waals surface area contributed by atoms with Crippen molar-refractivity contribution in [2.24, 2.45) is 0 Å². The maximum absolute atomic E-state index is 12.6. The Kier molecular flexibility index (Phi) is 6.14. The second kappa shape index (κ2) is 7.24. The molecule has 0 unspecified atom stereocenters. The van der Waals surface area contributed by atoms with Crippen molar-refractivity contribution in [2.45, 2.75) is 39.5 Å². The number of aromatic nitrogens is 2. The summed E-state index contributed by atoms with van der Waals surface area (Å²) in [7, 11) is 0. The van der Waals surface area contributed by atoms with Crippen molar-refractivity contribution in [1.29, 1.82) is 0 Å². The number of aryl methyl sites for hydroxylation is 1. The number of nitrogens with zero attached hydrogens (tertiary/aromatic N) is 2. The van der Waals surface area contributed by atoms with Crippen LogP contribution in [-0.4, -0.2) is 47.0 Å². The zero-order valence-electron chi connectivity index (χ0n) is 13.7. The minimum atomic E-state index is -0.338. The molecule has 1 aliphatic rings. The van der Waals surface area contributed by atoms with Crippen molar-refractivity contribution in [2.75, 3.05) is 26.2 Å². The van der Waals surface area contributed by atoms with E-state index >= 15 is 0 Å². The van der Waals surface area contributed by atoms with Gasteiger partial charge in [-0.05, 0) is 19.9 Å².